The van der Waals surface area contributed by atoms with Crippen molar-refractivity contribution in [1.82, 2.24) is 9.88 Å². The second-order valence-electron chi connectivity index (χ2n) is 4.26. The number of rotatable bonds is 4. The minimum Gasteiger partial charge on any atom is -0.350 e. The lowest BCUT2D eigenvalue weighted by molar-refractivity contribution is -0.116. The highest BCUT2D eigenvalue weighted by molar-refractivity contribution is 6.45. The maximum absolute atomic E-state index is 12.1. The molecular weight excluding hydrogens is 228 g/mol. The van der Waals surface area contributed by atoms with E-state index in [9.17, 15) is 9.59 Å². The molecule has 1 amide bonds. The minimum atomic E-state index is -0.534. The Morgan fingerprint density at radius 2 is 2.00 bits per heavy atom. The quantitative estimate of drug-likeness (QED) is 0.659. The van der Waals surface area contributed by atoms with Crippen LogP contribution in [0.25, 0.3) is 10.9 Å². The van der Waals surface area contributed by atoms with Crippen molar-refractivity contribution in [3.05, 3.63) is 36.0 Å². The Balaban J connectivity index is 2.36. The SMILES string of the molecule is CCCNC(=O)C(=O)c1cn(C)c2ccccc12. The number of aromatic nitrogens is 1. The normalized spacial score (nSPS) is 10.6. The second kappa shape index (κ2) is 5.04. The summed E-state index contributed by atoms with van der Waals surface area (Å²) >= 11 is 0. The molecule has 0 bridgehead atoms. The van der Waals surface area contributed by atoms with Crippen molar-refractivity contribution < 1.29 is 9.59 Å². The first-order chi connectivity index (χ1) is 8.65. The molecule has 2 aromatic rings. The van der Waals surface area contributed by atoms with E-state index < -0.39 is 11.7 Å². The van der Waals surface area contributed by atoms with Crippen molar-refractivity contribution in [2.75, 3.05) is 6.54 Å². The summed E-state index contributed by atoms with van der Waals surface area (Å²) in [6.45, 7) is 2.47. The summed E-state index contributed by atoms with van der Waals surface area (Å²) < 4.78 is 1.86. The minimum absolute atomic E-state index is 0.460. The molecule has 4 heteroatoms. The van der Waals surface area contributed by atoms with Crippen LogP contribution in [0.15, 0.2) is 30.5 Å². The summed E-state index contributed by atoms with van der Waals surface area (Å²) in [6.07, 6.45) is 2.52. The lowest BCUT2D eigenvalue weighted by Gasteiger charge is -2.01. The van der Waals surface area contributed by atoms with Crippen molar-refractivity contribution in [1.29, 1.82) is 0 Å². The van der Waals surface area contributed by atoms with E-state index in [1.165, 1.54) is 0 Å². The maximum Gasteiger partial charge on any atom is 0.292 e. The molecule has 0 aliphatic carbocycles. The molecule has 1 N–H and O–H groups in total. The van der Waals surface area contributed by atoms with Crippen LogP contribution in [0, 0.1) is 0 Å². The Labute approximate surface area is 106 Å². The molecule has 0 aliphatic rings. The van der Waals surface area contributed by atoms with Crippen LogP contribution >= 0.6 is 0 Å². The third-order valence-corrected chi connectivity index (χ3v) is 2.88. The van der Waals surface area contributed by atoms with Crippen LogP contribution in [-0.2, 0) is 11.8 Å². The number of nitrogens with zero attached hydrogens (tertiary/aromatic N) is 1. The summed E-state index contributed by atoms with van der Waals surface area (Å²) in [5.41, 5.74) is 1.41. The fraction of sp³-hybridized carbons (Fsp3) is 0.286. The molecule has 0 unspecified atom stereocenters. The van der Waals surface area contributed by atoms with Gasteiger partial charge in [0.25, 0.3) is 11.7 Å². The zero-order valence-electron chi connectivity index (χ0n) is 10.6. The van der Waals surface area contributed by atoms with Crippen molar-refractivity contribution in [3.8, 4) is 0 Å². The zero-order valence-corrected chi connectivity index (χ0v) is 10.6. The number of ketones is 1. The molecule has 1 aromatic heterocycles. The molecule has 0 radical (unpaired) electrons. The fourth-order valence-electron chi connectivity index (χ4n) is 1.96. The van der Waals surface area contributed by atoms with E-state index in [1.807, 2.05) is 42.8 Å². The molecule has 1 heterocycles. The summed E-state index contributed by atoms with van der Waals surface area (Å²) in [6, 6.07) is 7.56. The maximum atomic E-state index is 12.1. The molecule has 2 rings (SSSR count). The standard InChI is InChI=1S/C14H16N2O2/c1-3-8-15-14(18)13(17)11-9-16(2)12-7-5-4-6-10(11)12/h4-7,9H,3,8H2,1-2H3,(H,15,18). The number of carbonyl (C=O) groups is 2. The smallest absolute Gasteiger partial charge is 0.292 e. The lowest BCUT2D eigenvalue weighted by Crippen LogP contribution is -2.31. The van der Waals surface area contributed by atoms with Crippen LogP contribution in [0.1, 0.15) is 23.7 Å². The highest BCUT2D eigenvalue weighted by Gasteiger charge is 2.19. The number of benzene rings is 1. The van der Waals surface area contributed by atoms with Crippen LogP contribution < -0.4 is 5.32 Å². The third kappa shape index (κ3) is 2.14. The molecule has 0 spiro atoms. The van der Waals surface area contributed by atoms with Crippen molar-refractivity contribution in [2.45, 2.75) is 13.3 Å². The van der Waals surface area contributed by atoms with Crippen LogP contribution in [0.4, 0.5) is 0 Å². The van der Waals surface area contributed by atoms with Gasteiger partial charge in [-0.15, -0.1) is 0 Å². The van der Waals surface area contributed by atoms with Gasteiger partial charge in [0.2, 0.25) is 0 Å². The van der Waals surface area contributed by atoms with Gasteiger partial charge in [0.05, 0.1) is 5.56 Å². The monoisotopic (exact) mass is 244 g/mol. The topological polar surface area (TPSA) is 51.1 Å². The Morgan fingerprint density at radius 1 is 1.28 bits per heavy atom. The van der Waals surface area contributed by atoms with Gasteiger partial charge in [0.1, 0.15) is 0 Å². The Morgan fingerprint density at radius 3 is 2.72 bits per heavy atom. The Bertz CT molecular complexity index is 599. The number of Topliss-reactive ketones (excluding diaryl/α,β-unsaturated/α-hetero) is 1. The second-order valence-corrected chi connectivity index (χ2v) is 4.26. The summed E-state index contributed by atoms with van der Waals surface area (Å²) in [7, 11) is 1.86. The lowest BCUT2D eigenvalue weighted by atomic mass is 10.1. The predicted octanol–water partition coefficient (Wildman–Crippen LogP) is 1.89. The Kier molecular flexibility index (Phi) is 3.46. The van der Waals surface area contributed by atoms with Crippen LogP contribution in [0.2, 0.25) is 0 Å². The van der Waals surface area contributed by atoms with Gasteiger partial charge in [-0.2, -0.15) is 0 Å². The number of carbonyl (C=O) groups excluding carboxylic acids is 2. The molecule has 0 atom stereocenters. The molecule has 18 heavy (non-hydrogen) atoms. The molecule has 0 aliphatic heterocycles. The van der Waals surface area contributed by atoms with Crippen LogP contribution in [0.5, 0.6) is 0 Å². The first-order valence-corrected chi connectivity index (χ1v) is 6.01. The number of fused-ring (bicyclic) bond motifs is 1. The average molecular weight is 244 g/mol. The number of hydrogen-bond donors (Lipinski definition) is 1. The molecule has 1 aromatic carbocycles. The zero-order chi connectivity index (χ0) is 13.1. The van der Waals surface area contributed by atoms with Crippen LogP contribution in [-0.4, -0.2) is 22.8 Å². The average Bonchev–Trinajstić information content (AvgIpc) is 2.73. The number of aryl methyl sites for hydroxylation is 1. The highest BCUT2D eigenvalue weighted by Crippen LogP contribution is 2.20. The van der Waals surface area contributed by atoms with Gasteiger partial charge in [-0.3, -0.25) is 9.59 Å². The first-order valence-electron chi connectivity index (χ1n) is 6.01. The van der Waals surface area contributed by atoms with Crippen molar-refractivity contribution in [2.24, 2.45) is 7.05 Å². The van der Waals surface area contributed by atoms with E-state index in [1.54, 1.807) is 6.20 Å². The van der Waals surface area contributed by atoms with Gasteiger partial charge in [-0.05, 0) is 12.5 Å². The molecular formula is C14H16N2O2. The van der Waals surface area contributed by atoms with E-state index in [4.69, 9.17) is 0 Å². The van der Waals surface area contributed by atoms with E-state index in [-0.39, 0.29) is 0 Å². The molecule has 4 nitrogen and oxygen atoms in total. The van der Waals surface area contributed by atoms with E-state index in [0.717, 1.165) is 17.3 Å². The number of para-hydroxylation sites is 1. The van der Waals surface area contributed by atoms with Gasteiger partial charge in [0.15, 0.2) is 0 Å². The first kappa shape index (κ1) is 12.4. The molecule has 0 fully saturated rings. The summed E-state index contributed by atoms with van der Waals surface area (Å²) in [4.78, 5) is 23.7. The van der Waals surface area contributed by atoms with Crippen molar-refractivity contribution >= 4 is 22.6 Å². The van der Waals surface area contributed by atoms with E-state index in [2.05, 4.69) is 5.32 Å². The van der Waals surface area contributed by atoms with Gasteiger partial charge >= 0.3 is 0 Å². The highest BCUT2D eigenvalue weighted by atomic mass is 16.2. The largest absolute Gasteiger partial charge is 0.350 e. The summed E-state index contributed by atoms with van der Waals surface area (Å²) in [5, 5.41) is 3.42. The number of hydrogen-bond acceptors (Lipinski definition) is 2. The van der Waals surface area contributed by atoms with E-state index >= 15 is 0 Å². The molecule has 94 valence electrons. The van der Waals surface area contributed by atoms with Gasteiger partial charge in [0, 0.05) is 30.7 Å². The third-order valence-electron chi connectivity index (χ3n) is 2.88. The van der Waals surface area contributed by atoms with Gasteiger partial charge < -0.3 is 9.88 Å². The molecule has 0 saturated heterocycles. The van der Waals surface area contributed by atoms with Crippen molar-refractivity contribution in [3.63, 3.8) is 0 Å². The summed E-state index contributed by atoms with van der Waals surface area (Å²) in [5.74, 6) is -1.01. The van der Waals surface area contributed by atoms with Gasteiger partial charge in [-0.1, -0.05) is 25.1 Å². The molecule has 0 saturated carbocycles. The predicted molar refractivity (Wildman–Crippen MR) is 70.6 cm³/mol. The van der Waals surface area contributed by atoms with Crippen LogP contribution in [0.3, 0.4) is 0 Å². The number of nitrogens with one attached hydrogen (secondary N) is 1. The fourth-order valence-corrected chi connectivity index (χ4v) is 1.96. The van der Waals surface area contributed by atoms with Gasteiger partial charge in [-0.25, -0.2) is 0 Å². The van der Waals surface area contributed by atoms with E-state index in [0.29, 0.717) is 12.1 Å². The number of amides is 1. The Hall–Kier alpha value is -2.10.